The second-order valence-electron chi connectivity index (χ2n) is 5.76. The Morgan fingerprint density at radius 3 is 2.46 bits per heavy atom. The molecule has 2 heterocycles. The van der Waals surface area contributed by atoms with Crippen LogP contribution in [0, 0.1) is 16.0 Å². The molecule has 138 valence electrons. The molecule has 0 saturated carbocycles. The summed E-state index contributed by atoms with van der Waals surface area (Å²) in [5.41, 5.74) is -0.165. The molecule has 1 amide bonds. The Hall–Kier alpha value is -2.37. The van der Waals surface area contributed by atoms with Gasteiger partial charge in [0.15, 0.2) is 5.13 Å². The lowest BCUT2D eigenvalue weighted by Crippen LogP contribution is -2.41. The lowest BCUT2D eigenvalue weighted by atomic mass is 9.97. The first-order valence-corrected chi connectivity index (χ1v) is 10.1. The van der Waals surface area contributed by atoms with E-state index in [1.165, 1.54) is 39.9 Å². The predicted octanol–water partition coefficient (Wildman–Crippen LogP) is 2.09. The third-order valence-electron chi connectivity index (χ3n) is 4.17. The number of nitro groups is 1. The van der Waals surface area contributed by atoms with Crippen LogP contribution in [-0.4, -0.2) is 41.6 Å². The van der Waals surface area contributed by atoms with Crippen LogP contribution in [0.1, 0.15) is 12.8 Å². The molecule has 0 aliphatic carbocycles. The Balaban J connectivity index is 1.63. The number of nitro benzene ring substituents is 1. The minimum absolute atomic E-state index is 0.00814. The molecule has 1 aliphatic rings. The van der Waals surface area contributed by atoms with Crippen LogP contribution >= 0.6 is 11.3 Å². The van der Waals surface area contributed by atoms with E-state index in [1.54, 1.807) is 11.6 Å². The topological polar surface area (TPSA) is 123 Å². The van der Waals surface area contributed by atoms with E-state index in [1.807, 2.05) is 0 Å². The van der Waals surface area contributed by atoms with E-state index >= 15 is 0 Å². The number of anilines is 1. The minimum atomic E-state index is -3.73. The third-order valence-corrected chi connectivity index (χ3v) is 6.77. The summed E-state index contributed by atoms with van der Waals surface area (Å²) < 4.78 is 26.6. The molecule has 1 fully saturated rings. The quantitative estimate of drug-likeness (QED) is 0.610. The Labute approximate surface area is 153 Å². The molecule has 0 unspecified atom stereocenters. The standard InChI is InChI=1S/C15H16N4O5S2/c20-14(17-15-16-7-10-25-15)11-5-8-18(9-6-11)26(23,24)13-3-1-12(2-4-13)19(21)22/h1-4,7,10-11H,5-6,8-9H2,(H,16,17,20). The summed E-state index contributed by atoms with van der Waals surface area (Å²) in [6.45, 7) is 0.435. The first kappa shape index (κ1) is 18.4. The molecule has 11 heteroatoms. The number of carbonyl (C=O) groups excluding carboxylic acids is 1. The fraction of sp³-hybridized carbons (Fsp3) is 0.333. The fourth-order valence-corrected chi connectivity index (χ4v) is 4.74. The van der Waals surface area contributed by atoms with Gasteiger partial charge in [0.1, 0.15) is 0 Å². The van der Waals surface area contributed by atoms with Gasteiger partial charge in [0.25, 0.3) is 5.69 Å². The number of aromatic nitrogens is 1. The number of sulfonamides is 1. The molecule has 3 rings (SSSR count). The van der Waals surface area contributed by atoms with E-state index in [9.17, 15) is 23.3 Å². The summed E-state index contributed by atoms with van der Waals surface area (Å²) in [7, 11) is -3.73. The van der Waals surface area contributed by atoms with Crippen molar-refractivity contribution in [1.82, 2.24) is 9.29 Å². The smallest absolute Gasteiger partial charge is 0.269 e. The number of piperidine rings is 1. The molecular weight excluding hydrogens is 380 g/mol. The maximum absolute atomic E-state index is 12.6. The van der Waals surface area contributed by atoms with Crippen LogP contribution in [0.2, 0.25) is 0 Å². The van der Waals surface area contributed by atoms with Gasteiger partial charge in [-0.1, -0.05) is 0 Å². The number of amides is 1. The van der Waals surface area contributed by atoms with Gasteiger partial charge in [-0.2, -0.15) is 4.31 Å². The first-order valence-electron chi connectivity index (χ1n) is 7.83. The number of non-ortho nitro benzene ring substituents is 1. The molecule has 1 aromatic heterocycles. The molecule has 1 saturated heterocycles. The highest BCUT2D eigenvalue weighted by Crippen LogP contribution is 2.26. The number of rotatable bonds is 5. The maximum atomic E-state index is 12.6. The van der Waals surface area contributed by atoms with E-state index in [2.05, 4.69) is 10.3 Å². The van der Waals surface area contributed by atoms with Crippen molar-refractivity contribution in [2.24, 2.45) is 5.92 Å². The molecule has 1 N–H and O–H groups in total. The number of hydrogen-bond donors (Lipinski definition) is 1. The lowest BCUT2D eigenvalue weighted by Gasteiger charge is -2.30. The Morgan fingerprint density at radius 1 is 1.27 bits per heavy atom. The van der Waals surface area contributed by atoms with Crippen LogP contribution in [0.15, 0.2) is 40.7 Å². The number of thiazole rings is 1. The summed E-state index contributed by atoms with van der Waals surface area (Å²) in [4.78, 5) is 26.3. The van der Waals surface area contributed by atoms with Crippen LogP contribution < -0.4 is 5.32 Å². The maximum Gasteiger partial charge on any atom is 0.269 e. The van der Waals surface area contributed by atoms with Crippen molar-refractivity contribution in [3.63, 3.8) is 0 Å². The summed E-state index contributed by atoms with van der Waals surface area (Å²) in [5, 5.41) is 15.7. The zero-order valence-electron chi connectivity index (χ0n) is 13.6. The van der Waals surface area contributed by atoms with Crippen molar-refractivity contribution in [2.75, 3.05) is 18.4 Å². The molecule has 0 spiro atoms. The first-order chi connectivity index (χ1) is 12.4. The van der Waals surface area contributed by atoms with Crippen molar-refractivity contribution in [3.8, 4) is 0 Å². The van der Waals surface area contributed by atoms with Gasteiger partial charge in [-0.05, 0) is 25.0 Å². The summed E-state index contributed by atoms with van der Waals surface area (Å²) in [6, 6.07) is 4.80. The van der Waals surface area contributed by atoms with Crippen LogP contribution in [0.3, 0.4) is 0 Å². The van der Waals surface area contributed by atoms with E-state index < -0.39 is 14.9 Å². The minimum Gasteiger partial charge on any atom is -0.302 e. The largest absolute Gasteiger partial charge is 0.302 e. The molecule has 2 aromatic rings. The molecule has 0 bridgehead atoms. The van der Waals surface area contributed by atoms with Gasteiger partial charge in [-0.3, -0.25) is 14.9 Å². The second kappa shape index (κ2) is 7.48. The monoisotopic (exact) mass is 396 g/mol. The summed E-state index contributed by atoms with van der Waals surface area (Å²) >= 11 is 1.32. The van der Waals surface area contributed by atoms with Crippen molar-refractivity contribution < 1.29 is 18.1 Å². The van der Waals surface area contributed by atoms with E-state index in [-0.39, 0.29) is 35.5 Å². The molecule has 9 nitrogen and oxygen atoms in total. The van der Waals surface area contributed by atoms with Gasteiger partial charge in [0, 0.05) is 42.7 Å². The SMILES string of the molecule is O=C(Nc1nccs1)C1CCN(S(=O)(=O)c2ccc([N+](=O)[O-])cc2)CC1. The van der Waals surface area contributed by atoms with Gasteiger partial charge in [-0.25, -0.2) is 13.4 Å². The molecule has 0 atom stereocenters. The lowest BCUT2D eigenvalue weighted by molar-refractivity contribution is -0.384. The number of nitrogens with zero attached hydrogens (tertiary/aromatic N) is 3. The average molecular weight is 396 g/mol. The highest BCUT2D eigenvalue weighted by Gasteiger charge is 2.32. The average Bonchev–Trinajstić information content (AvgIpc) is 3.15. The summed E-state index contributed by atoms with van der Waals surface area (Å²) in [6.07, 6.45) is 2.41. The van der Waals surface area contributed by atoms with Crippen molar-refractivity contribution in [1.29, 1.82) is 0 Å². The third kappa shape index (κ3) is 3.89. The number of hydrogen-bond acceptors (Lipinski definition) is 7. The van der Waals surface area contributed by atoms with E-state index in [4.69, 9.17) is 0 Å². The van der Waals surface area contributed by atoms with Gasteiger partial charge in [0.05, 0.1) is 9.82 Å². The molecule has 1 aliphatic heterocycles. The van der Waals surface area contributed by atoms with Crippen molar-refractivity contribution in [3.05, 3.63) is 46.0 Å². The van der Waals surface area contributed by atoms with Gasteiger partial charge in [0.2, 0.25) is 15.9 Å². The van der Waals surface area contributed by atoms with Crippen molar-refractivity contribution in [2.45, 2.75) is 17.7 Å². The zero-order valence-corrected chi connectivity index (χ0v) is 15.2. The zero-order chi connectivity index (χ0) is 18.7. The van der Waals surface area contributed by atoms with Crippen LogP contribution in [0.5, 0.6) is 0 Å². The van der Waals surface area contributed by atoms with Gasteiger partial charge >= 0.3 is 0 Å². The van der Waals surface area contributed by atoms with Crippen LogP contribution in [-0.2, 0) is 14.8 Å². The second-order valence-corrected chi connectivity index (χ2v) is 8.59. The van der Waals surface area contributed by atoms with Crippen LogP contribution in [0.4, 0.5) is 10.8 Å². The van der Waals surface area contributed by atoms with Gasteiger partial charge < -0.3 is 5.32 Å². The van der Waals surface area contributed by atoms with Crippen LogP contribution in [0.25, 0.3) is 0 Å². The summed E-state index contributed by atoms with van der Waals surface area (Å²) in [5.74, 6) is -0.436. The Morgan fingerprint density at radius 2 is 1.92 bits per heavy atom. The molecular formula is C15H16N4O5S2. The predicted molar refractivity (Wildman–Crippen MR) is 95.3 cm³/mol. The fourth-order valence-electron chi connectivity index (χ4n) is 2.74. The number of nitrogens with one attached hydrogen (secondary N) is 1. The van der Waals surface area contributed by atoms with E-state index in [0.29, 0.717) is 18.0 Å². The van der Waals surface area contributed by atoms with E-state index in [0.717, 1.165) is 0 Å². The molecule has 0 radical (unpaired) electrons. The Bertz CT molecular complexity index is 889. The number of carbonyl (C=O) groups is 1. The van der Waals surface area contributed by atoms with Gasteiger partial charge in [-0.15, -0.1) is 11.3 Å². The van der Waals surface area contributed by atoms with Crippen molar-refractivity contribution >= 4 is 38.1 Å². The normalized spacial score (nSPS) is 16.3. The molecule has 1 aromatic carbocycles. The molecule has 26 heavy (non-hydrogen) atoms. The highest BCUT2D eigenvalue weighted by molar-refractivity contribution is 7.89. The highest BCUT2D eigenvalue weighted by atomic mass is 32.2. The number of benzene rings is 1. The Kier molecular flexibility index (Phi) is 5.30.